The Hall–Kier alpha value is -0.0100. The molecule has 0 spiro atoms. The highest BCUT2D eigenvalue weighted by molar-refractivity contribution is 5.85. The zero-order valence-corrected chi connectivity index (χ0v) is 6.58. The molecule has 1 atom stereocenters. The van der Waals surface area contributed by atoms with Crippen molar-refractivity contribution in [1.29, 1.82) is 0 Å². The number of nitrogens with two attached hydrogens (primary N) is 1. The van der Waals surface area contributed by atoms with Crippen molar-refractivity contribution >= 4 is 12.4 Å². The van der Waals surface area contributed by atoms with Gasteiger partial charge < -0.3 is 5.73 Å². The molecule has 0 aromatic heterocycles. The fourth-order valence-corrected chi connectivity index (χ4v) is 0.986. The lowest BCUT2D eigenvalue weighted by atomic mass is 9.97. The fourth-order valence-electron chi connectivity index (χ4n) is 0.986. The summed E-state index contributed by atoms with van der Waals surface area (Å²) < 4.78 is 0. The van der Waals surface area contributed by atoms with Gasteiger partial charge in [-0.1, -0.05) is 11.6 Å². The standard InChI is InChI=1S/C7H13N.ClH/c1-6-2-4-7(8)5-3-6;/h2,7H,3-5,8H2,1H3;1H. The summed E-state index contributed by atoms with van der Waals surface area (Å²) in [5.41, 5.74) is 7.16. The summed E-state index contributed by atoms with van der Waals surface area (Å²) in [4.78, 5) is 0. The zero-order valence-electron chi connectivity index (χ0n) is 5.76. The van der Waals surface area contributed by atoms with E-state index < -0.39 is 0 Å². The van der Waals surface area contributed by atoms with Gasteiger partial charge in [-0.05, 0) is 26.2 Å². The molecule has 0 aromatic carbocycles. The maximum atomic E-state index is 5.65. The highest BCUT2D eigenvalue weighted by Gasteiger charge is 2.05. The highest BCUT2D eigenvalue weighted by Crippen LogP contribution is 2.14. The first-order chi connectivity index (χ1) is 3.79. The number of rotatable bonds is 0. The zero-order chi connectivity index (χ0) is 5.98. The summed E-state index contributed by atoms with van der Waals surface area (Å²) in [6.07, 6.45) is 5.73. The van der Waals surface area contributed by atoms with Crippen molar-refractivity contribution in [3.63, 3.8) is 0 Å². The van der Waals surface area contributed by atoms with Crippen molar-refractivity contribution in [3.8, 4) is 0 Å². The maximum Gasteiger partial charge on any atom is 0.00765 e. The molecule has 0 fully saturated rings. The van der Waals surface area contributed by atoms with Gasteiger partial charge in [0.15, 0.2) is 0 Å². The third-order valence-electron chi connectivity index (χ3n) is 1.68. The van der Waals surface area contributed by atoms with E-state index in [1.54, 1.807) is 0 Å². The first-order valence-corrected chi connectivity index (χ1v) is 3.20. The van der Waals surface area contributed by atoms with E-state index in [1.165, 1.54) is 18.4 Å². The van der Waals surface area contributed by atoms with E-state index in [9.17, 15) is 0 Å². The molecule has 1 aliphatic rings. The van der Waals surface area contributed by atoms with Gasteiger partial charge in [0.05, 0.1) is 0 Å². The Morgan fingerprint density at radius 2 is 2.33 bits per heavy atom. The predicted octanol–water partition coefficient (Wildman–Crippen LogP) is 1.87. The van der Waals surface area contributed by atoms with Crippen LogP contribution < -0.4 is 5.73 Å². The van der Waals surface area contributed by atoms with Crippen LogP contribution in [0.1, 0.15) is 26.2 Å². The van der Waals surface area contributed by atoms with Gasteiger partial charge in [0.2, 0.25) is 0 Å². The molecule has 54 valence electrons. The molecule has 1 aliphatic carbocycles. The van der Waals surface area contributed by atoms with Crippen molar-refractivity contribution < 1.29 is 0 Å². The monoisotopic (exact) mass is 147 g/mol. The maximum absolute atomic E-state index is 5.65. The van der Waals surface area contributed by atoms with Gasteiger partial charge in [-0.25, -0.2) is 0 Å². The molecule has 0 aliphatic heterocycles. The minimum absolute atomic E-state index is 0. The third kappa shape index (κ3) is 2.87. The van der Waals surface area contributed by atoms with Crippen molar-refractivity contribution in [2.24, 2.45) is 5.73 Å². The number of allylic oxidation sites excluding steroid dienone is 1. The lowest BCUT2D eigenvalue weighted by Crippen LogP contribution is -2.21. The normalized spacial score (nSPS) is 26.4. The number of hydrogen-bond donors (Lipinski definition) is 1. The van der Waals surface area contributed by atoms with Gasteiger partial charge in [-0.2, -0.15) is 0 Å². The van der Waals surface area contributed by atoms with Gasteiger partial charge in [0.1, 0.15) is 0 Å². The van der Waals surface area contributed by atoms with Crippen LogP contribution in [0.15, 0.2) is 11.6 Å². The molecule has 0 bridgehead atoms. The first-order valence-electron chi connectivity index (χ1n) is 3.20. The molecular formula is C7H14ClN. The van der Waals surface area contributed by atoms with Crippen molar-refractivity contribution in [2.45, 2.75) is 32.2 Å². The average molecular weight is 148 g/mol. The fraction of sp³-hybridized carbons (Fsp3) is 0.714. The van der Waals surface area contributed by atoms with Crippen molar-refractivity contribution in [3.05, 3.63) is 11.6 Å². The second-order valence-corrected chi connectivity index (χ2v) is 2.58. The Morgan fingerprint density at radius 3 is 2.67 bits per heavy atom. The van der Waals surface area contributed by atoms with Crippen LogP contribution in [-0.2, 0) is 0 Å². The molecular weight excluding hydrogens is 134 g/mol. The van der Waals surface area contributed by atoms with Gasteiger partial charge in [0.25, 0.3) is 0 Å². The largest absolute Gasteiger partial charge is 0.327 e. The van der Waals surface area contributed by atoms with E-state index in [2.05, 4.69) is 13.0 Å². The molecule has 0 amide bonds. The quantitative estimate of drug-likeness (QED) is 0.521. The van der Waals surface area contributed by atoms with Crippen LogP contribution >= 0.6 is 12.4 Å². The number of halogens is 1. The molecule has 0 saturated heterocycles. The van der Waals surface area contributed by atoms with E-state index in [0.29, 0.717) is 6.04 Å². The minimum Gasteiger partial charge on any atom is -0.327 e. The SMILES string of the molecule is CC1=CCC(N)CC1.Cl. The molecule has 1 nitrogen and oxygen atoms in total. The van der Waals surface area contributed by atoms with Crippen LogP contribution in [0.4, 0.5) is 0 Å². The molecule has 9 heavy (non-hydrogen) atoms. The highest BCUT2D eigenvalue weighted by atomic mass is 35.5. The molecule has 0 heterocycles. The minimum atomic E-state index is 0. The van der Waals surface area contributed by atoms with Crippen LogP contribution in [0.5, 0.6) is 0 Å². The second-order valence-electron chi connectivity index (χ2n) is 2.58. The van der Waals surface area contributed by atoms with Gasteiger partial charge in [-0.15, -0.1) is 12.4 Å². The molecule has 2 N–H and O–H groups in total. The van der Waals surface area contributed by atoms with Crippen LogP contribution in [0.25, 0.3) is 0 Å². The molecule has 1 unspecified atom stereocenters. The molecule has 0 aromatic rings. The Balaban J connectivity index is 0.000000640. The predicted molar refractivity (Wildman–Crippen MR) is 42.8 cm³/mol. The summed E-state index contributed by atoms with van der Waals surface area (Å²) in [5, 5.41) is 0. The molecule has 0 radical (unpaired) electrons. The van der Waals surface area contributed by atoms with Gasteiger partial charge in [-0.3, -0.25) is 0 Å². The van der Waals surface area contributed by atoms with Crippen molar-refractivity contribution in [1.82, 2.24) is 0 Å². The summed E-state index contributed by atoms with van der Waals surface area (Å²) >= 11 is 0. The molecule has 0 saturated carbocycles. The van der Waals surface area contributed by atoms with E-state index in [0.717, 1.165) is 6.42 Å². The Bertz CT molecular complexity index is 109. The summed E-state index contributed by atoms with van der Waals surface area (Å²) in [5.74, 6) is 0. The Kier molecular flexibility index (Phi) is 3.91. The summed E-state index contributed by atoms with van der Waals surface area (Å²) in [6.45, 7) is 2.17. The lowest BCUT2D eigenvalue weighted by Gasteiger charge is -2.14. The number of hydrogen-bond acceptors (Lipinski definition) is 1. The van der Waals surface area contributed by atoms with E-state index in [4.69, 9.17) is 5.73 Å². The van der Waals surface area contributed by atoms with E-state index in [-0.39, 0.29) is 12.4 Å². The smallest absolute Gasteiger partial charge is 0.00765 e. The first kappa shape index (κ1) is 8.99. The van der Waals surface area contributed by atoms with E-state index in [1.807, 2.05) is 0 Å². The second kappa shape index (κ2) is 3.91. The average Bonchev–Trinajstić information content (AvgIpc) is 1.77. The molecule has 2 heteroatoms. The third-order valence-corrected chi connectivity index (χ3v) is 1.68. The van der Waals surface area contributed by atoms with Gasteiger partial charge >= 0.3 is 0 Å². The van der Waals surface area contributed by atoms with E-state index >= 15 is 0 Å². The van der Waals surface area contributed by atoms with Crippen LogP contribution in [0.3, 0.4) is 0 Å². The Morgan fingerprint density at radius 1 is 1.67 bits per heavy atom. The summed E-state index contributed by atoms with van der Waals surface area (Å²) in [7, 11) is 0. The summed E-state index contributed by atoms with van der Waals surface area (Å²) in [6, 6.07) is 0.443. The Labute approximate surface area is 62.7 Å². The van der Waals surface area contributed by atoms with Crippen LogP contribution in [-0.4, -0.2) is 6.04 Å². The van der Waals surface area contributed by atoms with Crippen molar-refractivity contribution in [2.75, 3.05) is 0 Å². The van der Waals surface area contributed by atoms with Gasteiger partial charge in [0, 0.05) is 6.04 Å². The lowest BCUT2D eigenvalue weighted by molar-refractivity contribution is 0.590. The molecule has 1 rings (SSSR count). The topological polar surface area (TPSA) is 26.0 Å². The van der Waals surface area contributed by atoms with Crippen LogP contribution in [0.2, 0.25) is 0 Å². The van der Waals surface area contributed by atoms with Crippen LogP contribution in [0, 0.1) is 0 Å².